The number of amides is 2. The molecule has 2 heterocycles. The summed E-state index contributed by atoms with van der Waals surface area (Å²) in [7, 11) is 1.83. The number of nitrogens with one attached hydrogen (secondary N) is 2. The van der Waals surface area contributed by atoms with E-state index in [9.17, 15) is 9.59 Å². The lowest BCUT2D eigenvalue weighted by Gasteiger charge is -2.28. The number of rotatable bonds is 12. The maximum atomic E-state index is 12.9. The number of benzene rings is 1. The van der Waals surface area contributed by atoms with Gasteiger partial charge in [0.1, 0.15) is 18.3 Å². The number of unbranched alkanes of at least 4 members (excludes halogenated alkanes) is 1. The molecule has 1 aromatic heterocycles. The third-order valence-electron chi connectivity index (χ3n) is 6.56. The second-order valence-corrected chi connectivity index (χ2v) is 10.4. The lowest BCUT2D eigenvalue weighted by molar-refractivity contribution is -0.123. The van der Waals surface area contributed by atoms with Gasteiger partial charge < -0.3 is 20.0 Å². The van der Waals surface area contributed by atoms with Gasteiger partial charge in [0.05, 0.1) is 16.7 Å². The van der Waals surface area contributed by atoms with E-state index in [-0.39, 0.29) is 36.2 Å². The molecule has 2 N–H and O–H groups in total. The SMILES string of the molecule is CC(C)CC(C(=O)NCC#N)N(C)c1oc(-c2ccccc2Cl)nc1CCCC[C@@H]1CC(C)C(=O)N1. The van der Waals surface area contributed by atoms with E-state index in [1.54, 1.807) is 6.07 Å². The summed E-state index contributed by atoms with van der Waals surface area (Å²) in [5, 5.41) is 15.2. The van der Waals surface area contributed by atoms with Crippen LogP contribution in [0.25, 0.3) is 11.5 Å². The van der Waals surface area contributed by atoms with E-state index >= 15 is 0 Å². The van der Waals surface area contributed by atoms with Crippen molar-refractivity contribution in [3.05, 3.63) is 35.0 Å². The van der Waals surface area contributed by atoms with E-state index in [1.807, 2.05) is 43.1 Å². The highest BCUT2D eigenvalue weighted by Gasteiger charge is 2.30. The summed E-state index contributed by atoms with van der Waals surface area (Å²) in [4.78, 5) is 31.3. The van der Waals surface area contributed by atoms with Gasteiger partial charge in [-0.3, -0.25) is 9.59 Å². The molecule has 2 aromatic rings. The summed E-state index contributed by atoms with van der Waals surface area (Å²) < 4.78 is 6.25. The molecule has 8 nitrogen and oxygen atoms in total. The largest absolute Gasteiger partial charge is 0.420 e. The topological polar surface area (TPSA) is 111 Å². The molecule has 0 spiro atoms. The number of carbonyl (C=O) groups is 2. The molecule has 0 saturated carbocycles. The standard InChI is InChI=1S/C27H36ClN5O3/c1-17(2)15-23(25(35)30-14-13-29)33(4)27-22(12-8-5-9-19-16-18(3)24(34)31-19)32-26(36-27)20-10-6-7-11-21(20)28/h6-7,10-11,17-19,23H,5,8-9,12,14-16H2,1-4H3,(H,30,35)(H,31,34)/t18?,19-,23?/m1/s1. The van der Waals surface area contributed by atoms with Gasteiger partial charge in [-0.25, -0.2) is 4.98 Å². The molecule has 1 aromatic carbocycles. The predicted octanol–water partition coefficient (Wildman–Crippen LogP) is 4.72. The Hall–Kier alpha value is -3.05. The first kappa shape index (κ1) is 27.5. The van der Waals surface area contributed by atoms with E-state index in [0.29, 0.717) is 35.2 Å². The van der Waals surface area contributed by atoms with Gasteiger partial charge in [-0.1, -0.05) is 50.9 Å². The number of hydrogen-bond donors (Lipinski definition) is 2. The van der Waals surface area contributed by atoms with Crippen LogP contribution < -0.4 is 15.5 Å². The number of carbonyl (C=O) groups excluding carboxylic acids is 2. The van der Waals surface area contributed by atoms with Crippen LogP contribution in [0.2, 0.25) is 5.02 Å². The Morgan fingerprint density at radius 3 is 2.75 bits per heavy atom. The Balaban J connectivity index is 1.82. The van der Waals surface area contributed by atoms with Crippen molar-refractivity contribution in [2.45, 2.75) is 71.4 Å². The average molecular weight is 514 g/mol. The Labute approximate surface area is 218 Å². The molecule has 0 radical (unpaired) electrons. The quantitative estimate of drug-likeness (QED) is 0.313. The molecule has 9 heteroatoms. The smallest absolute Gasteiger partial charge is 0.243 e. The van der Waals surface area contributed by atoms with Crippen LogP contribution in [-0.4, -0.2) is 42.5 Å². The molecule has 3 atom stereocenters. The van der Waals surface area contributed by atoms with Crippen molar-refractivity contribution >= 4 is 29.3 Å². The number of hydrogen-bond acceptors (Lipinski definition) is 6. The van der Waals surface area contributed by atoms with Gasteiger partial charge >= 0.3 is 0 Å². The summed E-state index contributed by atoms with van der Waals surface area (Å²) >= 11 is 6.42. The molecule has 2 amide bonds. The molecule has 36 heavy (non-hydrogen) atoms. The number of aryl methyl sites for hydroxylation is 1. The molecular formula is C27H36ClN5O3. The van der Waals surface area contributed by atoms with Crippen molar-refractivity contribution in [1.82, 2.24) is 15.6 Å². The normalized spacial score (nSPS) is 18.1. The molecule has 1 aliphatic heterocycles. The fourth-order valence-corrected chi connectivity index (χ4v) is 4.83. The molecule has 1 aliphatic rings. The van der Waals surface area contributed by atoms with Gasteiger partial charge in [0.25, 0.3) is 0 Å². The molecule has 3 rings (SSSR count). The van der Waals surface area contributed by atoms with Gasteiger partial charge in [-0.2, -0.15) is 5.26 Å². The van der Waals surface area contributed by atoms with Gasteiger partial charge in [0.15, 0.2) is 0 Å². The summed E-state index contributed by atoms with van der Waals surface area (Å²) in [6.45, 7) is 6.02. The highest BCUT2D eigenvalue weighted by atomic mass is 35.5. The van der Waals surface area contributed by atoms with E-state index < -0.39 is 6.04 Å². The first-order valence-corrected chi connectivity index (χ1v) is 13.0. The zero-order valence-electron chi connectivity index (χ0n) is 21.5. The van der Waals surface area contributed by atoms with Gasteiger partial charge in [0.2, 0.25) is 23.6 Å². The number of anilines is 1. The monoisotopic (exact) mass is 513 g/mol. The van der Waals surface area contributed by atoms with Crippen LogP contribution >= 0.6 is 11.6 Å². The van der Waals surface area contributed by atoms with Crippen molar-refractivity contribution < 1.29 is 14.0 Å². The van der Waals surface area contributed by atoms with E-state index in [0.717, 1.165) is 31.4 Å². The zero-order chi connectivity index (χ0) is 26.2. The van der Waals surface area contributed by atoms with Gasteiger partial charge in [-0.05, 0) is 50.2 Å². The average Bonchev–Trinajstić information content (AvgIpc) is 3.41. The van der Waals surface area contributed by atoms with Crippen molar-refractivity contribution in [1.29, 1.82) is 5.26 Å². The second-order valence-electron chi connectivity index (χ2n) is 9.97. The van der Waals surface area contributed by atoms with Crippen molar-refractivity contribution in [2.75, 3.05) is 18.5 Å². The third kappa shape index (κ3) is 7.01. The molecule has 194 valence electrons. The maximum absolute atomic E-state index is 12.9. The Bertz CT molecular complexity index is 1090. The second kappa shape index (κ2) is 12.8. The van der Waals surface area contributed by atoms with E-state index in [1.165, 1.54) is 0 Å². The van der Waals surface area contributed by atoms with Gasteiger partial charge in [-0.15, -0.1) is 0 Å². The highest BCUT2D eigenvalue weighted by Crippen LogP contribution is 2.34. The number of oxazole rings is 1. The number of nitriles is 1. The summed E-state index contributed by atoms with van der Waals surface area (Å²) in [6.07, 6.45) is 4.86. The molecule has 1 saturated heterocycles. The first-order valence-electron chi connectivity index (χ1n) is 12.6. The Kier molecular flexibility index (Phi) is 9.77. The maximum Gasteiger partial charge on any atom is 0.243 e. The molecular weight excluding hydrogens is 478 g/mol. The van der Waals surface area contributed by atoms with E-state index in [4.69, 9.17) is 26.3 Å². The predicted molar refractivity (Wildman–Crippen MR) is 140 cm³/mol. The van der Waals surface area contributed by atoms with Crippen molar-refractivity contribution in [3.8, 4) is 17.5 Å². The van der Waals surface area contributed by atoms with Crippen LogP contribution in [-0.2, 0) is 16.0 Å². The fourth-order valence-electron chi connectivity index (χ4n) is 4.61. The molecule has 2 unspecified atom stereocenters. The number of aromatic nitrogens is 1. The van der Waals surface area contributed by atoms with Crippen LogP contribution in [0.15, 0.2) is 28.7 Å². The van der Waals surface area contributed by atoms with Crippen LogP contribution in [0.3, 0.4) is 0 Å². The Morgan fingerprint density at radius 2 is 2.11 bits per heavy atom. The molecule has 1 fully saturated rings. The van der Waals surface area contributed by atoms with Gasteiger partial charge in [0, 0.05) is 19.0 Å². The van der Waals surface area contributed by atoms with Crippen LogP contribution in [0.4, 0.5) is 5.88 Å². The number of halogens is 1. The summed E-state index contributed by atoms with van der Waals surface area (Å²) in [5.74, 6) is 1.19. The van der Waals surface area contributed by atoms with Crippen LogP contribution in [0, 0.1) is 23.2 Å². The minimum absolute atomic E-state index is 0.0499. The van der Waals surface area contributed by atoms with Crippen molar-refractivity contribution in [3.63, 3.8) is 0 Å². The number of likely N-dealkylation sites (N-methyl/N-ethyl adjacent to an activating group) is 1. The fraction of sp³-hybridized carbons (Fsp3) is 0.556. The molecule has 0 bridgehead atoms. The number of nitrogens with zero attached hydrogens (tertiary/aromatic N) is 3. The zero-order valence-corrected chi connectivity index (χ0v) is 22.3. The summed E-state index contributed by atoms with van der Waals surface area (Å²) in [5.41, 5.74) is 1.45. The minimum Gasteiger partial charge on any atom is -0.420 e. The molecule has 0 aliphatic carbocycles. The van der Waals surface area contributed by atoms with Crippen molar-refractivity contribution in [2.24, 2.45) is 11.8 Å². The Morgan fingerprint density at radius 1 is 1.36 bits per heavy atom. The van der Waals surface area contributed by atoms with Crippen LogP contribution in [0.1, 0.15) is 58.6 Å². The first-order chi connectivity index (χ1) is 17.2. The third-order valence-corrected chi connectivity index (χ3v) is 6.89. The lowest BCUT2D eigenvalue weighted by Crippen LogP contribution is -2.46. The summed E-state index contributed by atoms with van der Waals surface area (Å²) in [6, 6.07) is 9.05. The van der Waals surface area contributed by atoms with Crippen LogP contribution in [0.5, 0.6) is 0 Å². The lowest BCUT2D eigenvalue weighted by atomic mass is 10.0. The van der Waals surface area contributed by atoms with E-state index in [2.05, 4.69) is 24.5 Å². The highest BCUT2D eigenvalue weighted by molar-refractivity contribution is 6.33. The minimum atomic E-state index is -0.515.